The third-order valence-corrected chi connectivity index (χ3v) is 4.62. The first-order valence-corrected chi connectivity index (χ1v) is 8.79. The lowest BCUT2D eigenvalue weighted by Gasteiger charge is -2.24. The van der Waals surface area contributed by atoms with Gasteiger partial charge in [0.15, 0.2) is 0 Å². The summed E-state index contributed by atoms with van der Waals surface area (Å²) in [5.41, 5.74) is 2.52. The third-order valence-electron chi connectivity index (χ3n) is 4.62. The zero-order chi connectivity index (χ0) is 20.2. The number of nitrogens with one attached hydrogen (secondary N) is 1. The number of ether oxygens (including phenoxy) is 1. The van der Waals surface area contributed by atoms with Crippen molar-refractivity contribution in [2.45, 2.75) is 32.9 Å². The maximum atomic E-state index is 13.1. The fraction of sp³-hybridized carbons (Fsp3) is 0.450. The number of H-pyrrole nitrogens is 1. The second kappa shape index (κ2) is 8.61. The zero-order valence-corrected chi connectivity index (χ0v) is 16.0. The number of halogens is 3. The molecule has 0 spiro atoms. The Balaban J connectivity index is 2.56. The minimum atomic E-state index is -4.40. The van der Waals surface area contributed by atoms with E-state index in [9.17, 15) is 18.0 Å². The Kier molecular flexibility index (Phi) is 6.70. The fourth-order valence-electron chi connectivity index (χ4n) is 3.29. The van der Waals surface area contributed by atoms with Gasteiger partial charge in [-0.1, -0.05) is 25.1 Å². The second-order valence-electron chi connectivity index (χ2n) is 6.53. The average molecular weight is 382 g/mol. The van der Waals surface area contributed by atoms with Crippen LogP contribution in [0.2, 0.25) is 0 Å². The molecule has 1 N–H and O–H groups in total. The highest BCUT2D eigenvalue weighted by molar-refractivity contribution is 5.57. The van der Waals surface area contributed by atoms with Crippen molar-refractivity contribution < 1.29 is 17.9 Å². The number of anilines is 1. The Morgan fingerprint density at radius 3 is 2.52 bits per heavy atom. The van der Waals surface area contributed by atoms with Crippen LogP contribution in [0, 0.1) is 6.92 Å². The summed E-state index contributed by atoms with van der Waals surface area (Å²) in [7, 11) is 3.36. The first-order valence-electron chi connectivity index (χ1n) is 8.79. The lowest BCUT2D eigenvalue weighted by molar-refractivity contribution is -0.137. The predicted octanol–water partition coefficient (Wildman–Crippen LogP) is 3.94. The lowest BCUT2D eigenvalue weighted by atomic mass is 9.95. The summed E-state index contributed by atoms with van der Waals surface area (Å²) in [5, 5.41) is 0. The number of pyridine rings is 1. The van der Waals surface area contributed by atoms with Crippen molar-refractivity contribution in [3.63, 3.8) is 0 Å². The minimum absolute atomic E-state index is 0.245. The number of hydrogen-bond donors (Lipinski definition) is 1. The zero-order valence-electron chi connectivity index (χ0n) is 16.0. The SMILES string of the molecule is CCc1c(C)[nH]c(=O)c(N(C)CCOC)c1Cc1cccc(C(F)(F)F)c1. The van der Waals surface area contributed by atoms with Gasteiger partial charge in [0.2, 0.25) is 0 Å². The molecule has 0 aliphatic rings. The summed E-state index contributed by atoms with van der Waals surface area (Å²) in [5.74, 6) is 0. The van der Waals surface area contributed by atoms with Gasteiger partial charge in [0.05, 0.1) is 12.2 Å². The van der Waals surface area contributed by atoms with Crippen molar-refractivity contribution in [1.82, 2.24) is 4.98 Å². The van der Waals surface area contributed by atoms with Crippen molar-refractivity contribution in [1.29, 1.82) is 0 Å². The molecule has 0 bridgehead atoms. The number of methoxy groups -OCH3 is 1. The first-order chi connectivity index (χ1) is 12.7. The molecule has 0 fully saturated rings. The van der Waals surface area contributed by atoms with E-state index >= 15 is 0 Å². The molecule has 1 aromatic heterocycles. The van der Waals surface area contributed by atoms with Crippen LogP contribution in [0.1, 0.15) is 34.9 Å². The second-order valence-corrected chi connectivity index (χ2v) is 6.53. The maximum Gasteiger partial charge on any atom is 0.416 e. The van der Waals surface area contributed by atoms with Crippen LogP contribution in [0.15, 0.2) is 29.1 Å². The summed E-state index contributed by atoms with van der Waals surface area (Å²) in [6, 6.07) is 5.26. The molecule has 0 saturated heterocycles. The van der Waals surface area contributed by atoms with Gasteiger partial charge in [-0.05, 0) is 36.1 Å². The van der Waals surface area contributed by atoms with E-state index in [1.54, 1.807) is 25.1 Å². The van der Waals surface area contributed by atoms with Crippen LogP contribution in [-0.2, 0) is 23.8 Å². The van der Waals surface area contributed by atoms with Crippen LogP contribution in [-0.4, -0.2) is 32.3 Å². The number of rotatable bonds is 7. The van der Waals surface area contributed by atoms with Gasteiger partial charge in [0.25, 0.3) is 5.56 Å². The lowest BCUT2D eigenvalue weighted by Crippen LogP contribution is -2.31. The summed E-state index contributed by atoms with van der Waals surface area (Å²) in [6.07, 6.45) is -3.47. The van der Waals surface area contributed by atoms with E-state index in [1.807, 2.05) is 13.8 Å². The number of hydrogen-bond acceptors (Lipinski definition) is 3. The molecule has 148 valence electrons. The molecule has 7 heteroatoms. The summed E-state index contributed by atoms with van der Waals surface area (Å²) in [4.78, 5) is 17.3. The molecule has 4 nitrogen and oxygen atoms in total. The Labute approximate surface area is 157 Å². The molecule has 0 unspecified atom stereocenters. The van der Waals surface area contributed by atoms with Gasteiger partial charge in [-0.3, -0.25) is 4.79 Å². The molecule has 0 amide bonds. The van der Waals surface area contributed by atoms with E-state index in [-0.39, 0.29) is 12.0 Å². The van der Waals surface area contributed by atoms with Crippen molar-refractivity contribution in [3.8, 4) is 0 Å². The highest BCUT2D eigenvalue weighted by Crippen LogP contribution is 2.31. The van der Waals surface area contributed by atoms with Crippen LogP contribution in [0.4, 0.5) is 18.9 Å². The van der Waals surface area contributed by atoms with Crippen molar-refractivity contribution in [3.05, 3.63) is 62.6 Å². The minimum Gasteiger partial charge on any atom is -0.383 e. The molecule has 0 saturated carbocycles. The number of aromatic nitrogens is 1. The number of benzene rings is 1. The van der Waals surface area contributed by atoms with Crippen molar-refractivity contribution in [2.24, 2.45) is 0 Å². The molecule has 27 heavy (non-hydrogen) atoms. The fourth-order valence-corrected chi connectivity index (χ4v) is 3.29. The van der Waals surface area contributed by atoms with Crippen LogP contribution < -0.4 is 10.5 Å². The van der Waals surface area contributed by atoms with Gasteiger partial charge in [-0.15, -0.1) is 0 Å². The highest BCUT2D eigenvalue weighted by atomic mass is 19.4. The van der Waals surface area contributed by atoms with Crippen LogP contribution in [0.5, 0.6) is 0 Å². The quantitative estimate of drug-likeness (QED) is 0.789. The highest BCUT2D eigenvalue weighted by Gasteiger charge is 2.30. The van der Waals surface area contributed by atoms with Gasteiger partial charge in [0, 0.05) is 32.8 Å². The number of likely N-dealkylation sites (N-methyl/N-ethyl adjacent to an activating group) is 1. The molecule has 0 atom stereocenters. The Morgan fingerprint density at radius 1 is 1.22 bits per heavy atom. The summed E-state index contributed by atoms with van der Waals surface area (Å²) >= 11 is 0. The number of aromatic amines is 1. The molecule has 0 aliphatic carbocycles. The molecule has 0 aliphatic heterocycles. The summed E-state index contributed by atoms with van der Waals surface area (Å²) in [6.45, 7) is 4.72. The monoisotopic (exact) mass is 382 g/mol. The van der Waals surface area contributed by atoms with Gasteiger partial charge in [-0.25, -0.2) is 0 Å². The van der Waals surface area contributed by atoms with E-state index < -0.39 is 11.7 Å². The largest absolute Gasteiger partial charge is 0.416 e. The van der Waals surface area contributed by atoms with Crippen molar-refractivity contribution in [2.75, 3.05) is 32.2 Å². The van der Waals surface area contributed by atoms with E-state index in [2.05, 4.69) is 4.98 Å². The van der Waals surface area contributed by atoms with Gasteiger partial charge in [0.1, 0.15) is 5.69 Å². The Bertz CT molecular complexity index is 844. The molecule has 2 rings (SSSR count). The normalized spacial score (nSPS) is 11.7. The maximum absolute atomic E-state index is 13.1. The molecule has 1 aromatic carbocycles. The molecule has 0 radical (unpaired) electrons. The average Bonchev–Trinajstić information content (AvgIpc) is 2.59. The standard InChI is InChI=1S/C20H25F3N2O2/c1-5-16-13(2)24-19(26)18(25(3)9-10-27-4)17(16)12-14-7-6-8-15(11-14)20(21,22)23/h6-8,11H,5,9-10,12H2,1-4H3,(H,24,26). The van der Waals surface area contributed by atoms with Gasteiger partial charge >= 0.3 is 6.18 Å². The molecular weight excluding hydrogens is 357 g/mol. The Morgan fingerprint density at radius 2 is 1.93 bits per heavy atom. The smallest absolute Gasteiger partial charge is 0.383 e. The molecule has 2 aromatic rings. The van der Waals surface area contributed by atoms with Crippen molar-refractivity contribution >= 4 is 5.69 Å². The van der Waals surface area contributed by atoms with Gasteiger partial charge in [-0.2, -0.15) is 13.2 Å². The van der Waals surface area contributed by atoms with E-state index in [0.29, 0.717) is 30.8 Å². The molecule has 1 heterocycles. The number of nitrogens with zero attached hydrogens (tertiary/aromatic N) is 1. The number of alkyl halides is 3. The summed E-state index contributed by atoms with van der Waals surface area (Å²) < 4.78 is 44.2. The van der Waals surface area contributed by atoms with Gasteiger partial charge < -0.3 is 14.6 Å². The van der Waals surface area contributed by atoms with E-state index in [4.69, 9.17) is 4.74 Å². The van der Waals surface area contributed by atoms with Crippen LogP contribution in [0.25, 0.3) is 0 Å². The van der Waals surface area contributed by atoms with Crippen LogP contribution in [0.3, 0.4) is 0 Å². The Hall–Kier alpha value is -2.28. The predicted molar refractivity (Wildman–Crippen MR) is 101 cm³/mol. The van der Waals surface area contributed by atoms with Crippen LogP contribution >= 0.6 is 0 Å². The third kappa shape index (κ3) is 4.91. The van der Waals surface area contributed by atoms with E-state index in [0.717, 1.165) is 29.0 Å². The van der Waals surface area contributed by atoms with E-state index in [1.165, 1.54) is 6.07 Å². The first kappa shape index (κ1) is 21.0. The molecular formula is C20H25F3N2O2. The topological polar surface area (TPSA) is 45.3 Å². The number of aryl methyl sites for hydroxylation is 1.